The van der Waals surface area contributed by atoms with Crippen LogP contribution in [0.2, 0.25) is 5.02 Å². The number of hydrogen-bond acceptors (Lipinski definition) is 2. The number of anilines is 1. The molecular formula is C22H20ClNO2. The molecule has 0 radical (unpaired) electrons. The molecule has 0 bridgehead atoms. The summed E-state index contributed by atoms with van der Waals surface area (Å²) in [4.78, 5) is 12.6. The summed E-state index contributed by atoms with van der Waals surface area (Å²) in [7, 11) is 0. The van der Waals surface area contributed by atoms with Gasteiger partial charge in [-0.15, -0.1) is 0 Å². The van der Waals surface area contributed by atoms with E-state index in [1.807, 2.05) is 68.4 Å². The molecule has 0 unspecified atom stereocenters. The molecule has 0 heterocycles. The van der Waals surface area contributed by atoms with Crippen LogP contribution in [0.3, 0.4) is 0 Å². The van der Waals surface area contributed by atoms with Crippen molar-refractivity contribution in [2.45, 2.75) is 20.5 Å². The fraction of sp³-hybridized carbons (Fsp3) is 0.136. The zero-order chi connectivity index (χ0) is 18.5. The van der Waals surface area contributed by atoms with Crippen LogP contribution in [0.25, 0.3) is 0 Å². The van der Waals surface area contributed by atoms with Crippen molar-refractivity contribution in [3.63, 3.8) is 0 Å². The third-order valence-electron chi connectivity index (χ3n) is 4.17. The van der Waals surface area contributed by atoms with Crippen molar-refractivity contribution in [1.82, 2.24) is 0 Å². The SMILES string of the molecule is Cc1cccc(C)c1NC(=O)c1cccc(OCc2ccccc2Cl)c1. The molecule has 0 saturated heterocycles. The number of carbonyl (C=O) groups is 1. The lowest BCUT2D eigenvalue weighted by atomic mass is 10.1. The summed E-state index contributed by atoms with van der Waals surface area (Å²) >= 11 is 6.15. The van der Waals surface area contributed by atoms with Gasteiger partial charge in [0.25, 0.3) is 5.91 Å². The molecule has 3 aromatic rings. The fourth-order valence-corrected chi connectivity index (χ4v) is 2.89. The monoisotopic (exact) mass is 365 g/mol. The first-order valence-corrected chi connectivity index (χ1v) is 8.76. The van der Waals surface area contributed by atoms with E-state index >= 15 is 0 Å². The lowest BCUT2D eigenvalue weighted by Gasteiger charge is -2.12. The van der Waals surface area contributed by atoms with E-state index in [0.29, 0.717) is 22.9 Å². The van der Waals surface area contributed by atoms with Crippen molar-refractivity contribution in [2.24, 2.45) is 0 Å². The highest BCUT2D eigenvalue weighted by Crippen LogP contribution is 2.22. The van der Waals surface area contributed by atoms with E-state index in [4.69, 9.17) is 16.3 Å². The number of halogens is 1. The molecule has 0 aromatic heterocycles. The number of para-hydroxylation sites is 1. The highest BCUT2D eigenvalue weighted by molar-refractivity contribution is 6.31. The summed E-state index contributed by atoms with van der Waals surface area (Å²) in [6.45, 7) is 4.30. The van der Waals surface area contributed by atoms with Gasteiger partial charge in [0, 0.05) is 21.8 Å². The zero-order valence-corrected chi connectivity index (χ0v) is 15.5. The molecule has 0 saturated carbocycles. The van der Waals surface area contributed by atoms with Crippen LogP contribution in [-0.4, -0.2) is 5.91 Å². The molecular weight excluding hydrogens is 346 g/mol. The quantitative estimate of drug-likeness (QED) is 0.621. The maximum absolute atomic E-state index is 12.6. The normalized spacial score (nSPS) is 10.4. The molecule has 132 valence electrons. The first kappa shape index (κ1) is 18.0. The fourth-order valence-electron chi connectivity index (χ4n) is 2.70. The van der Waals surface area contributed by atoms with Gasteiger partial charge < -0.3 is 10.1 Å². The number of hydrogen-bond donors (Lipinski definition) is 1. The molecule has 26 heavy (non-hydrogen) atoms. The minimum absolute atomic E-state index is 0.161. The predicted octanol–water partition coefficient (Wildman–Crippen LogP) is 5.79. The smallest absolute Gasteiger partial charge is 0.255 e. The maximum Gasteiger partial charge on any atom is 0.255 e. The van der Waals surface area contributed by atoms with Crippen LogP contribution >= 0.6 is 11.6 Å². The second-order valence-electron chi connectivity index (χ2n) is 6.13. The summed E-state index contributed by atoms with van der Waals surface area (Å²) in [5, 5.41) is 3.65. The Balaban J connectivity index is 1.72. The number of benzene rings is 3. The molecule has 3 aromatic carbocycles. The Bertz CT molecular complexity index is 917. The van der Waals surface area contributed by atoms with Crippen molar-refractivity contribution >= 4 is 23.2 Å². The summed E-state index contributed by atoms with van der Waals surface area (Å²) in [5.74, 6) is 0.463. The molecule has 1 amide bonds. The minimum atomic E-state index is -0.161. The summed E-state index contributed by atoms with van der Waals surface area (Å²) in [5.41, 5.74) is 4.36. The standard InChI is InChI=1S/C22H20ClNO2/c1-15-7-5-8-16(2)21(15)24-22(25)17-10-6-11-19(13-17)26-14-18-9-3-4-12-20(18)23/h3-13H,14H2,1-2H3,(H,24,25). The molecule has 0 aliphatic carbocycles. The largest absolute Gasteiger partial charge is 0.489 e. The zero-order valence-electron chi connectivity index (χ0n) is 14.8. The molecule has 0 aliphatic heterocycles. The summed E-state index contributed by atoms with van der Waals surface area (Å²) in [6, 6.07) is 20.6. The Kier molecular flexibility index (Phi) is 5.59. The van der Waals surface area contributed by atoms with Gasteiger partial charge >= 0.3 is 0 Å². The number of ether oxygens (including phenoxy) is 1. The Morgan fingerprint density at radius 1 is 0.962 bits per heavy atom. The van der Waals surface area contributed by atoms with Crippen LogP contribution in [0.4, 0.5) is 5.69 Å². The van der Waals surface area contributed by atoms with Crippen molar-refractivity contribution in [1.29, 1.82) is 0 Å². The number of amides is 1. The van der Waals surface area contributed by atoms with Crippen molar-refractivity contribution in [3.05, 3.63) is 94.0 Å². The lowest BCUT2D eigenvalue weighted by Crippen LogP contribution is -2.13. The molecule has 0 aliphatic rings. The van der Waals surface area contributed by atoms with E-state index in [2.05, 4.69) is 5.32 Å². The Morgan fingerprint density at radius 2 is 1.65 bits per heavy atom. The summed E-state index contributed by atoms with van der Waals surface area (Å²) in [6.07, 6.45) is 0. The van der Waals surface area contributed by atoms with Crippen LogP contribution in [-0.2, 0) is 6.61 Å². The molecule has 1 N–H and O–H groups in total. The van der Waals surface area contributed by atoms with Gasteiger partial charge in [-0.2, -0.15) is 0 Å². The second-order valence-corrected chi connectivity index (χ2v) is 6.54. The summed E-state index contributed by atoms with van der Waals surface area (Å²) < 4.78 is 5.80. The van der Waals surface area contributed by atoms with Crippen LogP contribution in [0.1, 0.15) is 27.0 Å². The van der Waals surface area contributed by atoms with E-state index in [9.17, 15) is 4.79 Å². The highest BCUT2D eigenvalue weighted by atomic mass is 35.5. The number of rotatable bonds is 5. The third kappa shape index (κ3) is 4.24. The Labute approximate surface area is 158 Å². The van der Waals surface area contributed by atoms with Gasteiger partial charge in [-0.1, -0.05) is 54.1 Å². The van der Waals surface area contributed by atoms with Gasteiger partial charge in [-0.3, -0.25) is 4.79 Å². The average Bonchev–Trinajstić information content (AvgIpc) is 2.64. The number of nitrogens with one attached hydrogen (secondary N) is 1. The van der Waals surface area contributed by atoms with Crippen LogP contribution in [0, 0.1) is 13.8 Å². The first-order valence-electron chi connectivity index (χ1n) is 8.38. The van der Waals surface area contributed by atoms with Crippen molar-refractivity contribution < 1.29 is 9.53 Å². The third-order valence-corrected chi connectivity index (χ3v) is 4.54. The van der Waals surface area contributed by atoms with Crippen molar-refractivity contribution in [3.8, 4) is 5.75 Å². The number of aryl methyl sites for hydroxylation is 2. The topological polar surface area (TPSA) is 38.3 Å². The Hall–Kier alpha value is -2.78. The van der Waals surface area contributed by atoms with Crippen molar-refractivity contribution in [2.75, 3.05) is 5.32 Å². The number of carbonyl (C=O) groups excluding carboxylic acids is 1. The molecule has 0 atom stereocenters. The van der Waals surface area contributed by atoms with Gasteiger partial charge in [-0.25, -0.2) is 0 Å². The Morgan fingerprint density at radius 3 is 2.38 bits per heavy atom. The lowest BCUT2D eigenvalue weighted by molar-refractivity contribution is 0.102. The van der Waals surface area contributed by atoms with Gasteiger partial charge in [0.2, 0.25) is 0 Å². The van der Waals surface area contributed by atoms with E-state index in [1.165, 1.54) is 0 Å². The van der Waals surface area contributed by atoms with E-state index < -0.39 is 0 Å². The average molecular weight is 366 g/mol. The van der Waals surface area contributed by atoms with Gasteiger partial charge in [0.15, 0.2) is 0 Å². The van der Waals surface area contributed by atoms with Crippen LogP contribution in [0.5, 0.6) is 5.75 Å². The highest BCUT2D eigenvalue weighted by Gasteiger charge is 2.11. The van der Waals surface area contributed by atoms with E-state index in [-0.39, 0.29) is 5.91 Å². The van der Waals surface area contributed by atoms with Gasteiger partial charge in [0.1, 0.15) is 12.4 Å². The predicted molar refractivity (Wildman–Crippen MR) is 106 cm³/mol. The molecule has 3 nitrogen and oxygen atoms in total. The van der Waals surface area contributed by atoms with Gasteiger partial charge in [0.05, 0.1) is 0 Å². The second kappa shape index (κ2) is 8.07. The maximum atomic E-state index is 12.6. The molecule has 0 spiro atoms. The van der Waals surface area contributed by atoms with Crippen LogP contribution in [0.15, 0.2) is 66.7 Å². The molecule has 0 fully saturated rings. The first-order chi connectivity index (χ1) is 12.5. The van der Waals surface area contributed by atoms with E-state index in [0.717, 1.165) is 22.4 Å². The van der Waals surface area contributed by atoms with E-state index in [1.54, 1.807) is 12.1 Å². The molecule has 3 rings (SSSR count). The van der Waals surface area contributed by atoms with Gasteiger partial charge in [-0.05, 0) is 49.2 Å². The molecule has 4 heteroatoms. The minimum Gasteiger partial charge on any atom is -0.489 e. The van der Waals surface area contributed by atoms with Crippen LogP contribution < -0.4 is 10.1 Å².